The minimum atomic E-state index is -0.0114. The molecule has 2 unspecified atom stereocenters. The van der Waals surface area contributed by atoms with Crippen LogP contribution in [0.15, 0.2) is 28.8 Å². The summed E-state index contributed by atoms with van der Waals surface area (Å²) in [7, 11) is 1.64. The second kappa shape index (κ2) is 8.53. The normalized spacial score (nSPS) is 21.6. The molecule has 1 amide bonds. The number of aromatic nitrogens is 1. The number of hydrogen-bond donors (Lipinski definition) is 1. The van der Waals surface area contributed by atoms with Gasteiger partial charge in [-0.25, -0.2) is 0 Å². The van der Waals surface area contributed by atoms with Crippen LogP contribution in [0.3, 0.4) is 0 Å². The highest BCUT2D eigenvalue weighted by Crippen LogP contribution is 2.37. The van der Waals surface area contributed by atoms with Gasteiger partial charge in [0.1, 0.15) is 5.56 Å². The molecule has 0 radical (unpaired) electrons. The minimum absolute atomic E-state index is 0.0114. The number of hydrogen-bond acceptors (Lipinski definition) is 5. The lowest BCUT2D eigenvalue weighted by Crippen LogP contribution is -2.45. The molecule has 2 aliphatic rings. The van der Waals surface area contributed by atoms with Gasteiger partial charge in [-0.3, -0.25) is 4.79 Å². The Kier molecular flexibility index (Phi) is 5.87. The largest absolute Gasteiger partial charge is 0.383 e. The Morgan fingerprint density at radius 2 is 2.00 bits per heavy atom. The fourth-order valence-corrected chi connectivity index (χ4v) is 4.56. The molecule has 2 fully saturated rings. The summed E-state index contributed by atoms with van der Waals surface area (Å²) in [5.74, 6) is 2.17. The molecule has 1 aliphatic heterocycles. The molecule has 1 saturated heterocycles. The lowest BCUT2D eigenvalue weighted by atomic mass is 9.78. The number of fused-ring (bicyclic) bond motifs is 2. The summed E-state index contributed by atoms with van der Waals surface area (Å²) in [6.07, 6.45) is 4.96. The van der Waals surface area contributed by atoms with Gasteiger partial charge in [-0.05, 0) is 55.4 Å². The molecule has 2 heterocycles. The van der Waals surface area contributed by atoms with Gasteiger partial charge in [-0.2, -0.15) is 0 Å². The quantitative estimate of drug-likeness (QED) is 0.727. The number of halogens is 1. The summed E-state index contributed by atoms with van der Waals surface area (Å²) in [6.45, 7) is 2.70. The van der Waals surface area contributed by atoms with Crippen molar-refractivity contribution in [3.8, 4) is 11.3 Å². The van der Waals surface area contributed by atoms with E-state index in [1.165, 1.54) is 25.7 Å². The van der Waals surface area contributed by atoms with Gasteiger partial charge in [0, 0.05) is 37.3 Å². The number of piperidine rings is 1. The first kappa shape index (κ1) is 19.3. The molecule has 2 atom stereocenters. The van der Waals surface area contributed by atoms with Crippen molar-refractivity contribution < 1.29 is 14.1 Å². The Morgan fingerprint density at radius 3 is 2.68 bits per heavy atom. The number of carbonyl (C=O) groups is 1. The number of benzene rings is 1. The van der Waals surface area contributed by atoms with Crippen molar-refractivity contribution in [2.24, 2.45) is 11.8 Å². The van der Waals surface area contributed by atoms with Crippen LogP contribution in [0, 0.1) is 11.8 Å². The highest BCUT2D eigenvalue weighted by molar-refractivity contribution is 6.30. The molecule has 1 N–H and O–H groups in total. The second-order valence-corrected chi connectivity index (χ2v) is 8.21. The first-order valence-corrected chi connectivity index (χ1v) is 10.3. The van der Waals surface area contributed by atoms with Crippen LogP contribution in [-0.2, 0) is 4.74 Å². The summed E-state index contributed by atoms with van der Waals surface area (Å²) in [5, 5.41) is 7.97. The molecule has 2 aromatic rings. The van der Waals surface area contributed by atoms with E-state index in [0.29, 0.717) is 47.2 Å². The summed E-state index contributed by atoms with van der Waals surface area (Å²) in [4.78, 5) is 15.5. The van der Waals surface area contributed by atoms with E-state index in [1.807, 2.05) is 17.0 Å². The van der Waals surface area contributed by atoms with E-state index in [2.05, 4.69) is 10.5 Å². The number of amides is 1. The molecule has 28 heavy (non-hydrogen) atoms. The van der Waals surface area contributed by atoms with Crippen molar-refractivity contribution in [1.82, 2.24) is 10.1 Å². The maximum atomic E-state index is 13.5. The van der Waals surface area contributed by atoms with Crippen LogP contribution >= 0.6 is 11.6 Å². The van der Waals surface area contributed by atoms with Crippen molar-refractivity contribution in [3.63, 3.8) is 0 Å². The number of nitrogens with one attached hydrogen (secondary N) is 1. The van der Waals surface area contributed by atoms with E-state index in [-0.39, 0.29) is 5.91 Å². The lowest BCUT2D eigenvalue weighted by molar-refractivity contribution is 0.0505. The van der Waals surface area contributed by atoms with E-state index in [0.717, 1.165) is 18.7 Å². The summed E-state index contributed by atoms with van der Waals surface area (Å²) < 4.78 is 10.7. The van der Waals surface area contributed by atoms with Crippen LogP contribution < -0.4 is 5.32 Å². The first-order chi connectivity index (χ1) is 13.7. The maximum absolute atomic E-state index is 13.5. The molecule has 2 bridgehead atoms. The van der Waals surface area contributed by atoms with Gasteiger partial charge in [-0.15, -0.1) is 0 Å². The Balaban J connectivity index is 1.65. The second-order valence-electron chi connectivity index (χ2n) is 7.77. The monoisotopic (exact) mass is 403 g/mol. The Labute approximate surface area is 170 Å². The zero-order valence-electron chi connectivity index (χ0n) is 16.1. The van der Waals surface area contributed by atoms with Crippen molar-refractivity contribution in [1.29, 1.82) is 0 Å². The average molecular weight is 404 g/mol. The summed E-state index contributed by atoms with van der Waals surface area (Å²) in [6, 6.07) is 7.28. The average Bonchev–Trinajstić information content (AvgIpc) is 3.11. The van der Waals surface area contributed by atoms with Gasteiger partial charge >= 0.3 is 0 Å². The van der Waals surface area contributed by atoms with Gasteiger partial charge in [0.15, 0.2) is 11.6 Å². The number of methoxy groups -OCH3 is 1. The van der Waals surface area contributed by atoms with E-state index in [4.69, 9.17) is 20.9 Å². The zero-order valence-corrected chi connectivity index (χ0v) is 16.9. The predicted octanol–water partition coefficient (Wildman–Crippen LogP) is 4.32. The molecule has 7 heteroatoms. The fourth-order valence-electron chi connectivity index (χ4n) is 4.43. The summed E-state index contributed by atoms with van der Waals surface area (Å²) >= 11 is 6.02. The van der Waals surface area contributed by atoms with E-state index < -0.39 is 0 Å². The van der Waals surface area contributed by atoms with Gasteiger partial charge in [0.25, 0.3) is 5.91 Å². The number of ether oxygens (including phenoxy) is 1. The summed E-state index contributed by atoms with van der Waals surface area (Å²) in [5.41, 5.74) is 1.29. The minimum Gasteiger partial charge on any atom is -0.383 e. The predicted molar refractivity (Wildman–Crippen MR) is 109 cm³/mol. The standard InChI is InChI=1S/C21H26ClN3O3/c1-27-10-9-23-20-18(19(28-24-20)16-5-7-17(22)8-6-16)21(26)25-12-14-3-2-4-15(11-14)13-25/h5-8,14-15H,2-4,9-13H2,1H3,(H,23,24). The number of anilines is 1. The Morgan fingerprint density at radius 1 is 1.29 bits per heavy atom. The molecule has 150 valence electrons. The van der Waals surface area contributed by atoms with E-state index in [9.17, 15) is 4.79 Å². The first-order valence-electron chi connectivity index (χ1n) is 9.93. The third-order valence-electron chi connectivity index (χ3n) is 5.75. The van der Waals surface area contributed by atoms with Crippen molar-refractivity contribution in [2.45, 2.75) is 25.7 Å². The molecule has 1 saturated carbocycles. The topological polar surface area (TPSA) is 67.6 Å². The maximum Gasteiger partial charge on any atom is 0.261 e. The Hall–Kier alpha value is -2.05. The molecule has 6 nitrogen and oxygen atoms in total. The van der Waals surface area contributed by atoms with Crippen LogP contribution in [0.25, 0.3) is 11.3 Å². The van der Waals surface area contributed by atoms with Gasteiger partial charge in [0.05, 0.1) is 6.61 Å². The molecule has 1 aromatic carbocycles. The number of nitrogens with zero attached hydrogens (tertiary/aromatic N) is 2. The van der Waals surface area contributed by atoms with Crippen LogP contribution in [0.2, 0.25) is 5.02 Å². The third kappa shape index (κ3) is 4.03. The van der Waals surface area contributed by atoms with Gasteiger partial charge in [-0.1, -0.05) is 23.2 Å². The van der Waals surface area contributed by atoms with Crippen LogP contribution in [0.4, 0.5) is 5.82 Å². The molecule has 4 rings (SSSR count). The lowest BCUT2D eigenvalue weighted by Gasteiger charge is -2.41. The fraction of sp³-hybridized carbons (Fsp3) is 0.524. The smallest absolute Gasteiger partial charge is 0.261 e. The molecule has 1 aliphatic carbocycles. The van der Waals surface area contributed by atoms with Crippen molar-refractivity contribution >= 4 is 23.3 Å². The van der Waals surface area contributed by atoms with Crippen molar-refractivity contribution in [2.75, 3.05) is 38.7 Å². The molecular weight excluding hydrogens is 378 g/mol. The molecule has 0 spiro atoms. The Bertz CT molecular complexity index is 809. The van der Waals surface area contributed by atoms with Crippen molar-refractivity contribution in [3.05, 3.63) is 34.9 Å². The number of carbonyl (C=O) groups excluding carboxylic acids is 1. The number of rotatable bonds is 6. The molecular formula is C21H26ClN3O3. The van der Waals surface area contributed by atoms with Gasteiger partial charge in [0.2, 0.25) is 0 Å². The third-order valence-corrected chi connectivity index (χ3v) is 6.00. The highest BCUT2D eigenvalue weighted by atomic mass is 35.5. The van der Waals surface area contributed by atoms with Gasteiger partial charge < -0.3 is 19.5 Å². The number of likely N-dealkylation sites (tertiary alicyclic amines) is 1. The van der Waals surface area contributed by atoms with Crippen LogP contribution in [-0.4, -0.2) is 49.3 Å². The molecule has 1 aromatic heterocycles. The highest BCUT2D eigenvalue weighted by Gasteiger charge is 2.36. The van der Waals surface area contributed by atoms with E-state index in [1.54, 1.807) is 19.2 Å². The van der Waals surface area contributed by atoms with Crippen LogP contribution in [0.5, 0.6) is 0 Å². The van der Waals surface area contributed by atoms with Crippen LogP contribution in [0.1, 0.15) is 36.0 Å². The zero-order chi connectivity index (χ0) is 19.5. The van der Waals surface area contributed by atoms with E-state index >= 15 is 0 Å². The SMILES string of the molecule is COCCNc1noc(-c2ccc(Cl)cc2)c1C(=O)N1CC2CCCC(C2)C1.